The van der Waals surface area contributed by atoms with Gasteiger partial charge in [0, 0.05) is 19.8 Å². The lowest BCUT2D eigenvalue weighted by Crippen LogP contribution is -2.21. The van der Waals surface area contributed by atoms with Gasteiger partial charge in [-0.2, -0.15) is 0 Å². The lowest BCUT2D eigenvalue weighted by atomic mass is 10.0. The molecule has 0 aromatic carbocycles. The van der Waals surface area contributed by atoms with Crippen LogP contribution in [0, 0.1) is 5.92 Å². The second-order valence-corrected chi connectivity index (χ2v) is 4.89. The van der Waals surface area contributed by atoms with Gasteiger partial charge in [0.1, 0.15) is 0 Å². The first-order chi connectivity index (χ1) is 9.38. The molecule has 106 valence electrons. The smallest absolute Gasteiger partial charge is 0.232 e. The molecule has 19 heavy (non-hydrogen) atoms. The summed E-state index contributed by atoms with van der Waals surface area (Å²) in [5, 5.41) is 3.30. The monoisotopic (exact) mass is 265 g/mol. The van der Waals surface area contributed by atoms with Crippen molar-refractivity contribution in [3.05, 3.63) is 18.1 Å². The molecular formula is C14H23N3O2. The zero-order valence-corrected chi connectivity index (χ0v) is 11.6. The molecule has 0 amide bonds. The summed E-state index contributed by atoms with van der Waals surface area (Å²) in [4.78, 5) is 8.63. The van der Waals surface area contributed by atoms with Gasteiger partial charge in [0.15, 0.2) is 0 Å². The molecule has 0 radical (unpaired) electrons. The van der Waals surface area contributed by atoms with Crippen LogP contribution in [0.1, 0.15) is 31.9 Å². The molecule has 2 rings (SSSR count). The maximum Gasteiger partial charge on any atom is 0.232 e. The van der Waals surface area contributed by atoms with Crippen LogP contribution in [0.5, 0.6) is 5.88 Å². The lowest BCUT2D eigenvalue weighted by molar-refractivity contribution is 0.0489. The number of ether oxygens (including phenoxy) is 2. The zero-order chi connectivity index (χ0) is 13.3. The third-order valence-corrected chi connectivity index (χ3v) is 3.22. The van der Waals surface area contributed by atoms with E-state index in [1.807, 2.05) is 0 Å². The summed E-state index contributed by atoms with van der Waals surface area (Å²) in [6, 6.07) is 0. The Labute approximate surface area is 114 Å². The number of rotatable bonds is 7. The molecule has 0 saturated carbocycles. The van der Waals surface area contributed by atoms with Crippen molar-refractivity contribution in [1.29, 1.82) is 0 Å². The van der Waals surface area contributed by atoms with Gasteiger partial charge in [0.05, 0.1) is 24.7 Å². The SMILES string of the molecule is CCCNCc1cnc(OCC2CCOCC2)cn1. The summed E-state index contributed by atoms with van der Waals surface area (Å²) in [5.41, 5.74) is 0.951. The molecule has 1 saturated heterocycles. The maximum atomic E-state index is 5.68. The number of aromatic nitrogens is 2. The molecule has 2 heterocycles. The molecule has 5 nitrogen and oxygen atoms in total. The first-order valence-electron chi connectivity index (χ1n) is 7.10. The summed E-state index contributed by atoms with van der Waals surface area (Å²) in [6.07, 6.45) is 6.77. The average molecular weight is 265 g/mol. The van der Waals surface area contributed by atoms with Crippen LogP contribution in [-0.4, -0.2) is 36.3 Å². The fourth-order valence-corrected chi connectivity index (χ4v) is 2.02. The normalized spacial score (nSPS) is 16.5. The third kappa shape index (κ3) is 5.12. The second-order valence-electron chi connectivity index (χ2n) is 4.89. The van der Waals surface area contributed by atoms with Crippen LogP contribution in [0.3, 0.4) is 0 Å². The lowest BCUT2D eigenvalue weighted by Gasteiger charge is -2.21. The molecule has 0 bridgehead atoms. The Balaban J connectivity index is 1.71. The van der Waals surface area contributed by atoms with E-state index in [0.29, 0.717) is 18.4 Å². The number of hydrogen-bond donors (Lipinski definition) is 1. The summed E-state index contributed by atoms with van der Waals surface area (Å²) in [5.74, 6) is 1.20. The van der Waals surface area contributed by atoms with Crippen LogP contribution >= 0.6 is 0 Å². The Bertz CT molecular complexity index is 350. The van der Waals surface area contributed by atoms with Gasteiger partial charge >= 0.3 is 0 Å². The Hall–Kier alpha value is -1.20. The average Bonchev–Trinajstić information content (AvgIpc) is 2.48. The van der Waals surface area contributed by atoms with Crippen LogP contribution in [-0.2, 0) is 11.3 Å². The van der Waals surface area contributed by atoms with Crippen molar-refractivity contribution < 1.29 is 9.47 Å². The van der Waals surface area contributed by atoms with E-state index in [2.05, 4.69) is 22.2 Å². The van der Waals surface area contributed by atoms with Crippen LogP contribution in [0.4, 0.5) is 0 Å². The van der Waals surface area contributed by atoms with Crippen LogP contribution in [0.15, 0.2) is 12.4 Å². The quantitative estimate of drug-likeness (QED) is 0.762. The van der Waals surface area contributed by atoms with Crippen LogP contribution in [0.25, 0.3) is 0 Å². The molecule has 1 aromatic heterocycles. The van der Waals surface area contributed by atoms with E-state index in [1.54, 1.807) is 12.4 Å². The molecule has 1 N–H and O–H groups in total. The molecule has 0 unspecified atom stereocenters. The topological polar surface area (TPSA) is 56.3 Å². The maximum absolute atomic E-state index is 5.68. The van der Waals surface area contributed by atoms with Gasteiger partial charge in [-0.1, -0.05) is 6.92 Å². The summed E-state index contributed by atoms with van der Waals surface area (Å²) in [7, 11) is 0. The molecule has 0 atom stereocenters. The van der Waals surface area contributed by atoms with Gasteiger partial charge in [-0.25, -0.2) is 4.98 Å². The standard InChI is InChI=1S/C14H23N3O2/c1-2-5-15-8-13-9-17-14(10-16-13)19-11-12-3-6-18-7-4-12/h9-10,12,15H,2-8,11H2,1H3. The molecule has 1 aromatic rings. The van der Waals surface area contributed by atoms with Gasteiger partial charge in [0.2, 0.25) is 5.88 Å². The highest BCUT2D eigenvalue weighted by molar-refractivity contribution is 5.07. The van der Waals surface area contributed by atoms with Gasteiger partial charge in [0.25, 0.3) is 0 Å². The van der Waals surface area contributed by atoms with E-state index in [1.165, 1.54) is 0 Å². The molecular weight excluding hydrogens is 242 g/mol. The predicted molar refractivity (Wildman–Crippen MR) is 73.1 cm³/mol. The first-order valence-corrected chi connectivity index (χ1v) is 7.10. The zero-order valence-electron chi connectivity index (χ0n) is 11.6. The van der Waals surface area contributed by atoms with Crippen molar-refractivity contribution in [1.82, 2.24) is 15.3 Å². The van der Waals surface area contributed by atoms with Gasteiger partial charge in [-0.15, -0.1) is 0 Å². The first kappa shape index (κ1) is 14.2. The molecule has 1 aliphatic heterocycles. The summed E-state index contributed by atoms with van der Waals surface area (Å²) >= 11 is 0. The minimum Gasteiger partial charge on any atom is -0.476 e. The van der Waals surface area contributed by atoms with Crippen molar-refractivity contribution in [2.45, 2.75) is 32.7 Å². The summed E-state index contributed by atoms with van der Waals surface area (Å²) in [6.45, 7) is 6.33. The third-order valence-electron chi connectivity index (χ3n) is 3.22. The number of nitrogens with one attached hydrogen (secondary N) is 1. The van der Waals surface area contributed by atoms with E-state index in [9.17, 15) is 0 Å². The van der Waals surface area contributed by atoms with Gasteiger partial charge < -0.3 is 14.8 Å². The van der Waals surface area contributed by atoms with Gasteiger partial charge in [-0.05, 0) is 31.7 Å². The summed E-state index contributed by atoms with van der Waals surface area (Å²) < 4.78 is 11.0. The molecule has 1 fully saturated rings. The van der Waals surface area contributed by atoms with E-state index < -0.39 is 0 Å². The number of nitrogens with zero attached hydrogens (tertiary/aromatic N) is 2. The molecule has 0 spiro atoms. The highest BCUT2D eigenvalue weighted by atomic mass is 16.5. The number of hydrogen-bond acceptors (Lipinski definition) is 5. The minimum absolute atomic E-state index is 0.585. The fraction of sp³-hybridized carbons (Fsp3) is 0.714. The van der Waals surface area contributed by atoms with Crippen molar-refractivity contribution in [3.8, 4) is 5.88 Å². The molecule has 5 heteroatoms. The van der Waals surface area contributed by atoms with E-state index in [0.717, 1.165) is 51.3 Å². The Morgan fingerprint density at radius 1 is 1.32 bits per heavy atom. The predicted octanol–water partition coefficient (Wildman–Crippen LogP) is 1.78. The van der Waals surface area contributed by atoms with Crippen molar-refractivity contribution in [2.75, 3.05) is 26.4 Å². The van der Waals surface area contributed by atoms with E-state index in [4.69, 9.17) is 9.47 Å². The van der Waals surface area contributed by atoms with Crippen LogP contribution in [0.2, 0.25) is 0 Å². The van der Waals surface area contributed by atoms with Crippen molar-refractivity contribution >= 4 is 0 Å². The molecule has 0 aliphatic carbocycles. The highest BCUT2D eigenvalue weighted by Crippen LogP contribution is 2.16. The largest absolute Gasteiger partial charge is 0.476 e. The Morgan fingerprint density at radius 3 is 2.84 bits per heavy atom. The molecule has 1 aliphatic rings. The van der Waals surface area contributed by atoms with E-state index in [-0.39, 0.29) is 0 Å². The minimum atomic E-state index is 0.585. The Kier molecular flexibility index (Phi) is 6.04. The second kappa shape index (κ2) is 8.07. The van der Waals surface area contributed by atoms with E-state index >= 15 is 0 Å². The van der Waals surface area contributed by atoms with Crippen molar-refractivity contribution in [2.24, 2.45) is 5.92 Å². The van der Waals surface area contributed by atoms with Gasteiger partial charge in [-0.3, -0.25) is 4.98 Å². The highest BCUT2D eigenvalue weighted by Gasteiger charge is 2.14. The Morgan fingerprint density at radius 2 is 2.16 bits per heavy atom. The van der Waals surface area contributed by atoms with Crippen molar-refractivity contribution in [3.63, 3.8) is 0 Å². The van der Waals surface area contributed by atoms with Crippen LogP contribution < -0.4 is 10.1 Å². The fourth-order valence-electron chi connectivity index (χ4n) is 2.02.